The average Bonchev–Trinajstić information content (AvgIpc) is 2.41. The van der Waals surface area contributed by atoms with Crippen molar-refractivity contribution in [2.45, 2.75) is 64.8 Å². The Kier molecular flexibility index (Phi) is 5.26. The maximum absolute atomic E-state index is 11.2. The SMILES string of the molecule is CCC1CCCC(CN2CC(C(=O)O)CCC2C)C1. The van der Waals surface area contributed by atoms with E-state index in [2.05, 4.69) is 18.7 Å². The molecule has 1 saturated heterocycles. The molecule has 1 heterocycles. The van der Waals surface area contributed by atoms with Crippen molar-refractivity contribution in [1.29, 1.82) is 0 Å². The Labute approximate surface area is 117 Å². The zero-order chi connectivity index (χ0) is 13.8. The zero-order valence-electron chi connectivity index (χ0n) is 12.5. The number of likely N-dealkylation sites (tertiary alicyclic amines) is 1. The molecule has 0 spiro atoms. The summed E-state index contributed by atoms with van der Waals surface area (Å²) in [7, 11) is 0. The van der Waals surface area contributed by atoms with E-state index in [1.807, 2.05) is 0 Å². The number of carbonyl (C=O) groups is 1. The first-order chi connectivity index (χ1) is 9.10. The topological polar surface area (TPSA) is 40.5 Å². The first-order valence-electron chi connectivity index (χ1n) is 8.07. The largest absolute Gasteiger partial charge is 0.481 e. The van der Waals surface area contributed by atoms with Gasteiger partial charge in [0.05, 0.1) is 5.92 Å². The molecule has 3 heteroatoms. The summed E-state index contributed by atoms with van der Waals surface area (Å²) in [6.07, 6.45) is 8.68. The number of aliphatic carboxylic acids is 1. The molecule has 1 aliphatic heterocycles. The second-order valence-corrected chi connectivity index (χ2v) is 6.72. The van der Waals surface area contributed by atoms with Gasteiger partial charge in [0.1, 0.15) is 0 Å². The van der Waals surface area contributed by atoms with Crippen LogP contribution in [0.2, 0.25) is 0 Å². The normalized spacial score (nSPS) is 37.2. The van der Waals surface area contributed by atoms with E-state index in [0.717, 1.165) is 37.8 Å². The molecule has 0 radical (unpaired) electrons. The van der Waals surface area contributed by atoms with Crippen LogP contribution < -0.4 is 0 Å². The Morgan fingerprint density at radius 3 is 2.63 bits per heavy atom. The lowest BCUT2D eigenvalue weighted by Crippen LogP contribution is -2.46. The lowest BCUT2D eigenvalue weighted by atomic mass is 9.79. The number of hydrogen-bond acceptors (Lipinski definition) is 2. The highest BCUT2D eigenvalue weighted by Crippen LogP contribution is 2.33. The fourth-order valence-electron chi connectivity index (χ4n) is 3.91. The van der Waals surface area contributed by atoms with Crippen LogP contribution in [0.15, 0.2) is 0 Å². The van der Waals surface area contributed by atoms with E-state index in [-0.39, 0.29) is 5.92 Å². The first kappa shape index (κ1) is 14.8. The molecule has 3 nitrogen and oxygen atoms in total. The van der Waals surface area contributed by atoms with Crippen molar-refractivity contribution in [1.82, 2.24) is 4.90 Å². The minimum Gasteiger partial charge on any atom is -0.481 e. The molecule has 2 fully saturated rings. The second kappa shape index (κ2) is 6.74. The average molecular weight is 267 g/mol. The van der Waals surface area contributed by atoms with Gasteiger partial charge in [0, 0.05) is 19.1 Å². The van der Waals surface area contributed by atoms with Crippen LogP contribution in [-0.2, 0) is 4.79 Å². The summed E-state index contributed by atoms with van der Waals surface area (Å²) in [5.41, 5.74) is 0. The molecule has 4 atom stereocenters. The van der Waals surface area contributed by atoms with Crippen LogP contribution in [-0.4, -0.2) is 35.1 Å². The van der Waals surface area contributed by atoms with Crippen LogP contribution in [0.1, 0.15) is 58.8 Å². The van der Waals surface area contributed by atoms with E-state index in [1.54, 1.807) is 0 Å². The third-order valence-corrected chi connectivity index (χ3v) is 5.32. The molecule has 0 aromatic carbocycles. The standard InChI is InChI=1S/C16H29NO2/c1-3-13-5-4-6-14(9-13)10-17-11-15(16(18)19)8-7-12(17)2/h12-15H,3-11H2,1-2H3,(H,18,19). The number of hydrogen-bond donors (Lipinski definition) is 1. The van der Waals surface area contributed by atoms with Crippen LogP contribution in [0.3, 0.4) is 0 Å². The smallest absolute Gasteiger partial charge is 0.307 e. The Hall–Kier alpha value is -0.570. The van der Waals surface area contributed by atoms with Crippen molar-refractivity contribution in [3.63, 3.8) is 0 Å². The summed E-state index contributed by atoms with van der Waals surface area (Å²) in [4.78, 5) is 13.6. The van der Waals surface area contributed by atoms with Gasteiger partial charge in [-0.15, -0.1) is 0 Å². The Balaban J connectivity index is 1.87. The van der Waals surface area contributed by atoms with Gasteiger partial charge in [0.15, 0.2) is 0 Å². The number of carboxylic acid groups (broad SMARTS) is 1. The minimum absolute atomic E-state index is 0.137. The van der Waals surface area contributed by atoms with Gasteiger partial charge in [0.25, 0.3) is 0 Å². The van der Waals surface area contributed by atoms with Crippen molar-refractivity contribution in [3.8, 4) is 0 Å². The van der Waals surface area contributed by atoms with Crippen molar-refractivity contribution in [3.05, 3.63) is 0 Å². The maximum Gasteiger partial charge on any atom is 0.307 e. The number of carboxylic acids is 1. The van der Waals surface area contributed by atoms with E-state index in [0.29, 0.717) is 6.04 Å². The highest BCUT2D eigenvalue weighted by molar-refractivity contribution is 5.70. The van der Waals surface area contributed by atoms with Crippen molar-refractivity contribution >= 4 is 5.97 Å². The zero-order valence-corrected chi connectivity index (χ0v) is 12.5. The second-order valence-electron chi connectivity index (χ2n) is 6.72. The number of piperidine rings is 1. The van der Waals surface area contributed by atoms with Crippen molar-refractivity contribution < 1.29 is 9.90 Å². The van der Waals surface area contributed by atoms with Gasteiger partial charge in [-0.3, -0.25) is 9.69 Å². The molecule has 0 aromatic rings. The summed E-state index contributed by atoms with van der Waals surface area (Å²) in [5.74, 6) is 0.969. The van der Waals surface area contributed by atoms with Gasteiger partial charge in [-0.05, 0) is 44.4 Å². The summed E-state index contributed by atoms with van der Waals surface area (Å²) in [6, 6.07) is 0.567. The van der Waals surface area contributed by atoms with Gasteiger partial charge in [-0.2, -0.15) is 0 Å². The summed E-state index contributed by atoms with van der Waals surface area (Å²) < 4.78 is 0. The molecule has 1 N–H and O–H groups in total. The predicted molar refractivity (Wildman–Crippen MR) is 77.1 cm³/mol. The molecule has 110 valence electrons. The van der Waals surface area contributed by atoms with Crippen LogP contribution in [0.5, 0.6) is 0 Å². The van der Waals surface area contributed by atoms with Gasteiger partial charge in [-0.25, -0.2) is 0 Å². The molecule has 1 aliphatic carbocycles. The molecule has 0 amide bonds. The quantitative estimate of drug-likeness (QED) is 0.849. The highest BCUT2D eigenvalue weighted by atomic mass is 16.4. The minimum atomic E-state index is -0.605. The third kappa shape index (κ3) is 3.95. The molecule has 0 bridgehead atoms. The van der Waals surface area contributed by atoms with Gasteiger partial charge >= 0.3 is 5.97 Å². The molecule has 2 rings (SSSR count). The molecular weight excluding hydrogens is 238 g/mol. The molecule has 19 heavy (non-hydrogen) atoms. The lowest BCUT2D eigenvalue weighted by Gasteiger charge is -2.40. The first-order valence-corrected chi connectivity index (χ1v) is 8.07. The lowest BCUT2D eigenvalue weighted by molar-refractivity contribution is -0.144. The van der Waals surface area contributed by atoms with Crippen LogP contribution in [0.25, 0.3) is 0 Å². The van der Waals surface area contributed by atoms with Crippen LogP contribution in [0, 0.1) is 17.8 Å². The molecular formula is C16H29NO2. The summed E-state index contributed by atoms with van der Waals surface area (Å²) in [5, 5.41) is 9.20. The Bertz CT molecular complexity index is 305. The number of nitrogens with zero attached hydrogens (tertiary/aromatic N) is 1. The van der Waals surface area contributed by atoms with E-state index in [4.69, 9.17) is 0 Å². The van der Waals surface area contributed by atoms with Crippen molar-refractivity contribution in [2.75, 3.05) is 13.1 Å². The predicted octanol–water partition coefficient (Wildman–Crippen LogP) is 3.39. The summed E-state index contributed by atoms with van der Waals surface area (Å²) in [6.45, 7) is 6.46. The van der Waals surface area contributed by atoms with Gasteiger partial charge in [-0.1, -0.05) is 26.2 Å². The molecule has 2 aliphatic rings. The van der Waals surface area contributed by atoms with E-state index in [1.165, 1.54) is 32.1 Å². The Morgan fingerprint density at radius 1 is 1.21 bits per heavy atom. The van der Waals surface area contributed by atoms with Gasteiger partial charge in [0.2, 0.25) is 0 Å². The highest BCUT2D eigenvalue weighted by Gasteiger charge is 2.32. The fraction of sp³-hybridized carbons (Fsp3) is 0.938. The van der Waals surface area contributed by atoms with Crippen LogP contribution >= 0.6 is 0 Å². The Morgan fingerprint density at radius 2 is 1.95 bits per heavy atom. The number of rotatable bonds is 4. The maximum atomic E-state index is 11.2. The van der Waals surface area contributed by atoms with Crippen molar-refractivity contribution in [2.24, 2.45) is 17.8 Å². The fourth-order valence-corrected chi connectivity index (χ4v) is 3.91. The summed E-state index contributed by atoms with van der Waals surface area (Å²) >= 11 is 0. The molecule has 4 unspecified atom stereocenters. The monoisotopic (exact) mass is 267 g/mol. The van der Waals surface area contributed by atoms with E-state index in [9.17, 15) is 9.90 Å². The van der Waals surface area contributed by atoms with Crippen LogP contribution in [0.4, 0.5) is 0 Å². The van der Waals surface area contributed by atoms with E-state index < -0.39 is 5.97 Å². The molecule has 1 saturated carbocycles. The third-order valence-electron chi connectivity index (χ3n) is 5.32. The van der Waals surface area contributed by atoms with E-state index >= 15 is 0 Å². The van der Waals surface area contributed by atoms with Gasteiger partial charge < -0.3 is 5.11 Å². The molecule has 0 aromatic heterocycles.